The third kappa shape index (κ3) is 2.62. The molecule has 1 aromatic rings. The van der Waals surface area contributed by atoms with Gasteiger partial charge < -0.3 is 5.73 Å². The van der Waals surface area contributed by atoms with Crippen molar-refractivity contribution in [1.82, 2.24) is 0 Å². The zero-order valence-corrected chi connectivity index (χ0v) is 8.17. The van der Waals surface area contributed by atoms with Gasteiger partial charge in [-0.3, -0.25) is 0 Å². The summed E-state index contributed by atoms with van der Waals surface area (Å²) in [5.41, 5.74) is 7.86. The van der Waals surface area contributed by atoms with Gasteiger partial charge in [-0.25, -0.2) is 0 Å². The van der Waals surface area contributed by atoms with Gasteiger partial charge in [0.05, 0.1) is 11.6 Å². The van der Waals surface area contributed by atoms with Crippen LogP contribution in [0.2, 0.25) is 0 Å². The fourth-order valence-electron chi connectivity index (χ4n) is 1.06. The number of hydrogen-bond donors (Lipinski definition) is 1. The van der Waals surface area contributed by atoms with Gasteiger partial charge in [0.25, 0.3) is 0 Å². The van der Waals surface area contributed by atoms with E-state index in [2.05, 4.69) is 17.9 Å². The highest BCUT2D eigenvalue weighted by atomic mass is 14.5. The zero-order chi connectivity index (χ0) is 10.4. The van der Waals surface area contributed by atoms with Gasteiger partial charge in [-0.2, -0.15) is 5.26 Å². The molecule has 0 saturated heterocycles. The third-order valence-corrected chi connectivity index (χ3v) is 1.86. The minimum Gasteiger partial charge on any atom is -0.330 e. The van der Waals surface area contributed by atoms with Crippen LogP contribution in [0.1, 0.15) is 23.1 Å². The van der Waals surface area contributed by atoms with E-state index >= 15 is 0 Å². The number of hydrogen-bond acceptors (Lipinski definition) is 2. The van der Waals surface area contributed by atoms with Crippen LogP contribution in [0.25, 0.3) is 0 Å². The van der Waals surface area contributed by atoms with E-state index in [1.54, 1.807) is 6.07 Å². The molecule has 0 aliphatic carbocycles. The molecule has 70 valence electrons. The fraction of sp³-hybridized carbons (Fsp3) is 0.250. The zero-order valence-electron chi connectivity index (χ0n) is 8.17. The molecule has 2 N–H and O–H groups in total. The highest BCUT2D eigenvalue weighted by molar-refractivity contribution is 5.45. The van der Waals surface area contributed by atoms with Crippen LogP contribution in [0.4, 0.5) is 0 Å². The van der Waals surface area contributed by atoms with Crippen LogP contribution in [0.3, 0.4) is 0 Å². The Balaban J connectivity index is 2.93. The van der Waals surface area contributed by atoms with Crippen molar-refractivity contribution in [3.63, 3.8) is 0 Å². The highest BCUT2D eigenvalue weighted by Gasteiger charge is 1.96. The van der Waals surface area contributed by atoms with Crippen molar-refractivity contribution in [3.05, 3.63) is 34.9 Å². The Morgan fingerprint density at radius 3 is 2.86 bits per heavy atom. The van der Waals surface area contributed by atoms with E-state index in [4.69, 9.17) is 11.0 Å². The molecule has 2 nitrogen and oxygen atoms in total. The quantitative estimate of drug-likeness (QED) is 0.673. The summed E-state index contributed by atoms with van der Waals surface area (Å²) in [7, 11) is 0. The summed E-state index contributed by atoms with van der Waals surface area (Å²) >= 11 is 0. The molecule has 2 heteroatoms. The minimum absolute atomic E-state index is 0.573. The van der Waals surface area contributed by atoms with Crippen molar-refractivity contribution in [2.75, 3.05) is 6.54 Å². The summed E-state index contributed by atoms with van der Waals surface area (Å²) in [5.74, 6) is 5.90. The summed E-state index contributed by atoms with van der Waals surface area (Å²) in [6.45, 7) is 2.49. The molecule has 1 rings (SSSR count). The van der Waals surface area contributed by atoms with Crippen molar-refractivity contribution in [1.29, 1.82) is 5.26 Å². The van der Waals surface area contributed by atoms with E-state index < -0.39 is 0 Å². The van der Waals surface area contributed by atoms with Crippen LogP contribution in [0.5, 0.6) is 0 Å². The molecule has 0 aliphatic heterocycles. The fourth-order valence-corrected chi connectivity index (χ4v) is 1.06. The summed E-state index contributed by atoms with van der Waals surface area (Å²) in [6.07, 6.45) is 0.690. The van der Waals surface area contributed by atoms with Gasteiger partial charge in [0.15, 0.2) is 0 Å². The minimum atomic E-state index is 0.573. The standard InChI is InChI=1S/C12H12N2/c1-10-5-6-11(4-2-3-7-13)8-12(10)9-14/h5-6,8H,3,7,13H2,1H3. The molecule has 0 radical (unpaired) electrons. The Morgan fingerprint density at radius 1 is 1.43 bits per heavy atom. The normalized spacial score (nSPS) is 8.64. The number of rotatable bonds is 1. The molecular formula is C12H12N2. The first-order valence-electron chi connectivity index (χ1n) is 4.47. The lowest BCUT2D eigenvalue weighted by Gasteiger charge is -1.96. The molecule has 1 aromatic carbocycles. The first-order valence-corrected chi connectivity index (χ1v) is 4.47. The Hall–Kier alpha value is -1.77. The Morgan fingerprint density at radius 2 is 2.21 bits per heavy atom. The second-order valence-corrected chi connectivity index (χ2v) is 2.98. The van der Waals surface area contributed by atoms with E-state index in [1.807, 2.05) is 19.1 Å². The Labute approximate surface area is 84.4 Å². The SMILES string of the molecule is Cc1ccc(C#CCCN)cc1C#N. The summed E-state index contributed by atoms with van der Waals surface area (Å²) in [6, 6.07) is 7.76. The van der Waals surface area contributed by atoms with Crippen LogP contribution >= 0.6 is 0 Å². The largest absolute Gasteiger partial charge is 0.330 e. The van der Waals surface area contributed by atoms with Crippen LogP contribution in [-0.4, -0.2) is 6.54 Å². The van der Waals surface area contributed by atoms with Gasteiger partial charge in [0, 0.05) is 18.5 Å². The third-order valence-electron chi connectivity index (χ3n) is 1.86. The van der Waals surface area contributed by atoms with E-state index in [0.29, 0.717) is 18.5 Å². The van der Waals surface area contributed by atoms with Gasteiger partial charge in [-0.05, 0) is 24.6 Å². The molecule has 0 atom stereocenters. The molecule has 0 aliphatic rings. The molecule has 0 heterocycles. The topological polar surface area (TPSA) is 49.8 Å². The van der Waals surface area contributed by atoms with Crippen LogP contribution in [0, 0.1) is 30.1 Å². The lowest BCUT2D eigenvalue weighted by Crippen LogP contribution is -1.95. The first-order chi connectivity index (χ1) is 6.77. The Kier molecular flexibility index (Phi) is 3.73. The molecule has 0 bridgehead atoms. The second-order valence-electron chi connectivity index (χ2n) is 2.98. The lowest BCUT2D eigenvalue weighted by atomic mass is 10.1. The number of benzene rings is 1. The van der Waals surface area contributed by atoms with Crippen molar-refractivity contribution in [2.24, 2.45) is 5.73 Å². The van der Waals surface area contributed by atoms with Crippen molar-refractivity contribution in [2.45, 2.75) is 13.3 Å². The highest BCUT2D eigenvalue weighted by Crippen LogP contribution is 2.08. The maximum atomic E-state index is 8.80. The van der Waals surface area contributed by atoms with Gasteiger partial charge in [0.1, 0.15) is 0 Å². The molecule has 0 fully saturated rings. The van der Waals surface area contributed by atoms with Crippen molar-refractivity contribution < 1.29 is 0 Å². The van der Waals surface area contributed by atoms with Crippen LogP contribution < -0.4 is 5.73 Å². The van der Waals surface area contributed by atoms with Gasteiger partial charge in [-0.1, -0.05) is 17.9 Å². The number of nitrogens with two attached hydrogens (primary N) is 1. The Bertz CT molecular complexity index is 416. The maximum Gasteiger partial charge on any atom is 0.0994 e. The first kappa shape index (κ1) is 10.3. The van der Waals surface area contributed by atoms with E-state index in [1.165, 1.54) is 0 Å². The molecule has 0 spiro atoms. The van der Waals surface area contributed by atoms with E-state index in [9.17, 15) is 0 Å². The number of nitrogens with zero attached hydrogens (tertiary/aromatic N) is 1. The molecule has 0 amide bonds. The predicted molar refractivity (Wildman–Crippen MR) is 56.4 cm³/mol. The summed E-state index contributed by atoms with van der Waals surface area (Å²) in [4.78, 5) is 0. The molecule has 0 saturated carbocycles. The average molecular weight is 184 g/mol. The molecule has 14 heavy (non-hydrogen) atoms. The van der Waals surface area contributed by atoms with Gasteiger partial charge in [0.2, 0.25) is 0 Å². The van der Waals surface area contributed by atoms with Crippen LogP contribution in [0.15, 0.2) is 18.2 Å². The second kappa shape index (κ2) is 5.07. The van der Waals surface area contributed by atoms with Crippen molar-refractivity contribution in [3.8, 4) is 17.9 Å². The molecule has 0 aromatic heterocycles. The summed E-state index contributed by atoms with van der Waals surface area (Å²) < 4.78 is 0. The lowest BCUT2D eigenvalue weighted by molar-refractivity contribution is 1.03. The van der Waals surface area contributed by atoms with E-state index in [-0.39, 0.29) is 0 Å². The van der Waals surface area contributed by atoms with Crippen LogP contribution in [-0.2, 0) is 0 Å². The number of aryl methyl sites for hydroxylation is 1. The van der Waals surface area contributed by atoms with E-state index in [0.717, 1.165) is 11.1 Å². The summed E-state index contributed by atoms with van der Waals surface area (Å²) in [5, 5.41) is 8.80. The molecule has 0 unspecified atom stereocenters. The monoisotopic (exact) mass is 184 g/mol. The average Bonchev–Trinajstić information content (AvgIpc) is 2.21. The van der Waals surface area contributed by atoms with Gasteiger partial charge >= 0.3 is 0 Å². The smallest absolute Gasteiger partial charge is 0.0994 e. The maximum absolute atomic E-state index is 8.80. The number of nitriles is 1. The van der Waals surface area contributed by atoms with Gasteiger partial charge in [-0.15, -0.1) is 0 Å². The predicted octanol–water partition coefficient (Wildman–Crippen LogP) is 1.57. The molecular weight excluding hydrogens is 172 g/mol. The van der Waals surface area contributed by atoms with Crippen molar-refractivity contribution >= 4 is 0 Å².